The maximum Gasteiger partial charge on any atom is 0.335 e. The molecule has 1 rings (SSSR count). The topological polar surface area (TPSA) is 26.3 Å². The Labute approximate surface area is 69.5 Å². The van der Waals surface area contributed by atoms with E-state index in [0.29, 0.717) is 12.2 Å². The number of ether oxygens (including phenoxy) is 1. The third-order valence-corrected chi connectivity index (χ3v) is 2.30. The molecule has 0 aromatic heterocycles. The van der Waals surface area contributed by atoms with E-state index in [-0.39, 0.29) is 10.8 Å². The molecule has 0 bridgehead atoms. The van der Waals surface area contributed by atoms with Crippen LogP contribution in [0, 0.1) is 0 Å². The van der Waals surface area contributed by atoms with Crippen molar-refractivity contribution in [2.45, 2.75) is 4.83 Å². The third kappa shape index (κ3) is 1.35. The highest BCUT2D eigenvalue weighted by atomic mass is 79.9. The van der Waals surface area contributed by atoms with Gasteiger partial charge in [-0.05, 0) is 4.99 Å². The van der Waals surface area contributed by atoms with Gasteiger partial charge in [0.15, 0.2) is 0 Å². The second-order valence-corrected chi connectivity index (χ2v) is 3.19. The molecule has 9 heavy (non-hydrogen) atoms. The SMILES string of the molecule is O=C1OC[C@@H](Br)C1=CBr. The summed E-state index contributed by atoms with van der Waals surface area (Å²) in [5, 5.41) is 0. The van der Waals surface area contributed by atoms with Gasteiger partial charge in [-0.15, -0.1) is 0 Å². The Kier molecular flexibility index (Phi) is 2.29. The van der Waals surface area contributed by atoms with Crippen LogP contribution in [0.3, 0.4) is 0 Å². The molecular weight excluding hydrogens is 252 g/mol. The number of halogens is 2. The first-order chi connectivity index (χ1) is 4.25. The van der Waals surface area contributed by atoms with E-state index in [1.807, 2.05) is 0 Å². The molecule has 4 heteroatoms. The van der Waals surface area contributed by atoms with Crippen molar-refractivity contribution in [2.24, 2.45) is 0 Å². The lowest BCUT2D eigenvalue weighted by molar-refractivity contribution is -0.135. The molecule has 50 valence electrons. The number of carbonyl (C=O) groups is 1. The average molecular weight is 256 g/mol. The fraction of sp³-hybridized carbons (Fsp3) is 0.400. The fourth-order valence-electron chi connectivity index (χ4n) is 0.563. The van der Waals surface area contributed by atoms with Gasteiger partial charge in [-0.1, -0.05) is 31.9 Å². The molecular formula is C5H4Br2O2. The fourth-order valence-corrected chi connectivity index (χ4v) is 1.87. The zero-order chi connectivity index (χ0) is 6.85. The Balaban J connectivity index is 2.78. The van der Waals surface area contributed by atoms with E-state index in [0.717, 1.165) is 0 Å². The molecule has 1 aliphatic heterocycles. The highest BCUT2D eigenvalue weighted by molar-refractivity contribution is 9.11. The summed E-state index contributed by atoms with van der Waals surface area (Å²) in [5.74, 6) is -0.242. The summed E-state index contributed by atoms with van der Waals surface area (Å²) in [4.78, 5) is 12.3. The summed E-state index contributed by atoms with van der Waals surface area (Å²) < 4.78 is 4.68. The minimum atomic E-state index is -0.242. The first kappa shape index (κ1) is 7.28. The van der Waals surface area contributed by atoms with E-state index in [9.17, 15) is 4.79 Å². The number of rotatable bonds is 0. The highest BCUT2D eigenvalue weighted by Gasteiger charge is 2.27. The molecule has 1 aliphatic rings. The number of hydrogen-bond donors (Lipinski definition) is 0. The predicted octanol–water partition coefficient (Wildman–Crippen LogP) is 1.59. The van der Waals surface area contributed by atoms with Gasteiger partial charge in [-0.25, -0.2) is 4.79 Å². The lowest BCUT2D eigenvalue weighted by atomic mass is 10.3. The van der Waals surface area contributed by atoms with E-state index in [2.05, 4.69) is 36.6 Å². The van der Waals surface area contributed by atoms with Crippen LogP contribution in [0.25, 0.3) is 0 Å². The molecule has 0 saturated carbocycles. The smallest absolute Gasteiger partial charge is 0.335 e. The van der Waals surface area contributed by atoms with Gasteiger partial charge >= 0.3 is 5.97 Å². The number of hydrogen-bond acceptors (Lipinski definition) is 2. The molecule has 1 fully saturated rings. The van der Waals surface area contributed by atoms with Crippen molar-refractivity contribution >= 4 is 37.8 Å². The standard InChI is InChI=1S/C5H4Br2O2/c6-1-3-4(7)2-9-5(3)8/h1,4H,2H2/t4-/m1/s1. The van der Waals surface area contributed by atoms with Gasteiger partial charge in [-0.2, -0.15) is 0 Å². The van der Waals surface area contributed by atoms with Crippen molar-refractivity contribution in [3.8, 4) is 0 Å². The monoisotopic (exact) mass is 254 g/mol. The maximum absolute atomic E-state index is 10.7. The normalized spacial score (nSPS) is 31.1. The molecule has 0 aromatic carbocycles. The first-order valence-corrected chi connectivity index (χ1v) is 4.20. The number of alkyl halides is 1. The zero-order valence-corrected chi connectivity index (χ0v) is 7.61. The van der Waals surface area contributed by atoms with Crippen LogP contribution in [0.4, 0.5) is 0 Å². The predicted molar refractivity (Wildman–Crippen MR) is 40.7 cm³/mol. The van der Waals surface area contributed by atoms with Crippen LogP contribution in [-0.2, 0) is 9.53 Å². The Morgan fingerprint density at radius 2 is 2.44 bits per heavy atom. The Hall–Kier alpha value is 0.170. The van der Waals surface area contributed by atoms with Crippen molar-refractivity contribution in [1.82, 2.24) is 0 Å². The molecule has 1 saturated heterocycles. The van der Waals surface area contributed by atoms with Crippen molar-refractivity contribution in [3.05, 3.63) is 10.6 Å². The van der Waals surface area contributed by atoms with E-state index >= 15 is 0 Å². The molecule has 2 nitrogen and oxygen atoms in total. The molecule has 1 heterocycles. The van der Waals surface area contributed by atoms with E-state index in [1.54, 1.807) is 4.99 Å². The number of cyclic esters (lactones) is 1. The van der Waals surface area contributed by atoms with Gasteiger partial charge in [-0.3, -0.25) is 0 Å². The van der Waals surface area contributed by atoms with Crippen LogP contribution < -0.4 is 0 Å². The average Bonchev–Trinajstić information content (AvgIpc) is 2.12. The molecule has 0 radical (unpaired) electrons. The Morgan fingerprint density at radius 3 is 2.67 bits per heavy atom. The van der Waals surface area contributed by atoms with Gasteiger partial charge in [0.25, 0.3) is 0 Å². The van der Waals surface area contributed by atoms with Crippen molar-refractivity contribution in [2.75, 3.05) is 6.61 Å². The number of carbonyl (C=O) groups excluding carboxylic acids is 1. The van der Waals surface area contributed by atoms with E-state index in [4.69, 9.17) is 0 Å². The summed E-state index contributed by atoms with van der Waals surface area (Å²) in [6.07, 6.45) is 0. The summed E-state index contributed by atoms with van der Waals surface area (Å²) >= 11 is 6.33. The quantitative estimate of drug-likeness (QED) is 0.373. The summed E-state index contributed by atoms with van der Waals surface area (Å²) in [7, 11) is 0. The zero-order valence-electron chi connectivity index (χ0n) is 4.43. The van der Waals surface area contributed by atoms with Gasteiger partial charge in [0.2, 0.25) is 0 Å². The second kappa shape index (κ2) is 2.84. The molecule has 0 aliphatic carbocycles. The maximum atomic E-state index is 10.7. The molecule has 0 N–H and O–H groups in total. The largest absolute Gasteiger partial charge is 0.461 e. The van der Waals surface area contributed by atoms with Gasteiger partial charge < -0.3 is 4.74 Å². The van der Waals surface area contributed by atoms with Gasteiger partial charge in [0, 0.05) is 0 Å². The highest BCUT2D eigenvalue weighted by Crippen LogP contribution is 2.22. The summed E-state index contributed by atoms with van der Waals surface area (Å²) in [5.41, 5.74) is 0.648. The van der Waals surface area contributed by atoms with Crippen molar-refractivity contribution in [1.29, 1.82) is 0 Å². The minimum Gasteiger partial charge on any atom is -0.461 e. The van der Waals surface area contributed by atoms with Crippen LogP contribution in [0.1, 0.15) is 0 Å². The van der Waals surface area contributed by atoms with E-state index < -0.39 is 0 Å². The van der Waals surface area contributed by atoms with Crippen molar-refractivity contribution in [3.63, 3.8) is 0 Å². The van der Waals surface area contributed by atoms with E-state index in [1.165, 1.54) is 0 Å². The van der Waals surface area contributed by atoms with Crippen LogP contribution in [0.2, 0.25) is 0 Å². The second-order valence-electron chi connectivity index (χ2n) is 1.63. The third-order valence-electron chi connectivity index (χ3n) is 1.05. The van der Waals surface area contributed by atoms with Crippen LogP contribution >= 0.6 is 31.9 Å². The lowest BCUT2D eigenvalue weighted by Crippen LogP contribution is -1.98. The summed E-state index contributed by atoms with van der Waals surface area (Å²) in [6, 6.07) is 0. The number of esters is 1. The molecule has 0 spiro atoms. The van der Waals surface area contributed by atoms with Crippen LogP contribution in [0.15, 0.2) is 10.6 Å². The molecule has 0 amide bonds. The molecule has 0 unspecified atom stereocenters. The van der Waals surface area contributed by atoms with Gasteiger partial charge in [0.05, 0.1) is 10.4 Å². The van der Waals surface area contributed by atoms with Crippen molar-refractivity contribution < 1.29 is 9.53 Å². The Morgan fingerprint density at radius 1 is 1.78 bits per heavy atom. The van der Waals surface area contributed by atoms with Crippen LogP contribution in [0.5, 0.6) is 0 Å². The minimum absolute atomic E-state index is 0.0596. The summed E-state index contributed by atoms with van der Waals surface area (Å²) in [6.45, 7) is 0.441. The Bertz CT molecular complexity index is 164. The molecule has 0 aromatic rings. The van der Waals surface area contributed by atoms with Gasteiger partial charge in [0.1, 0.15) is 6.61 Å². The molecule has 1 atom stereocenters. The van der Waals surface area contributed by atoms with Crippen LogP contribution in [-0.4, -0.2) is 17.4 Å². The lowest BCUT2D eigenvalue weighted by Gasteiger charge is -1.90. The first-order valence-electron chi connectivity index (χ1n) is 2.37.